The molecular formula is C12H19N3O3. The van der Waals surface area contributed by atoms with Crippen molar-refractivity contribution in [2.45, 2.75) is 51.6 Å². The molecule has 1 aromatic heterocycles. The van der Waals surface area contributed by atoms with Gasteiger partial charge in [-0.3, -0.25) is 9.69 Å². The first-order chi connectivity index (χ1) is 8.70. The topological polar surface area (TPSA) is 79.5 Å². The van der Waals surface area contributed by atoms with Gasteiger partial charge in [0.2, 0.25) is 5.89 Å². The van der Waals surface area contributed by atoms with Crippen LogP contribution >= 0.6 is 0 Å². The number of nitrogens with zero attached hydrogens (tertiary/aromatic N) is 3. The van der Waals surface area contributed by atoms with E-state index in [1.54, 1.807) is 0 Å². The van der Waals surface area contributed by atoms with Gasteiger partial charge in [-0.25, -0.2) is 0 Å². The van der Waals surface area contributed by atoms with Gasteiger partial charge in [0, 0.05) is 6.42 Å². The van der Waals surface area contributed by atoms with Crippen molar-refractivity contribution in [2.24, 2.45) is 0 Å². The highest BCUT2D eigenvalue weighted by Gasteiger charge is 2.31. The van der Waals surface area contributed by atoms with Crippen molar-refractivity contribution in [2.75, 3.05) is 6.54 Å². The van der Waals surface area contributed by atoms with Gasteiger partial charge in [0.05, 0.1) is 6.54 Å². The van der Waals surface area contributed by atoms with E-state index in [2.05, 4.69) is 17.1 Å². The smallest absolute Gasteiger partial charge is 0.320 e. The van der Waals surface area contributed by atoms with E-state index in [0.29, 0.717) is 24.7 Å². The minimum Gasteiger partial charge on any atom is -0.480 e. The summed E-state index contributed by atoms with van der Waals surface area (Å²) in [6.07, 6.45) is 4.53. The van der Waals surface area contributed by atoms with E-state index < -0.39 is 12.0 Å². The van der Waals surface area contributed by atoms with Gasteiger partial charge in [-0.1, -0.05) is 18.5 Å². The summed E-state index contributed by atoms with van der Waals surface area (Å²) in [5.41, 5.74) is 0. The Morgan fingerprint density at radius 2 is 2.44 bits per heavy atom. The first-order valence-electron chi connectivity index (χ1n) is 6.49. The molecule has 1 N–H and O–H groups in total. The normalized spacial score (nSPS) is 20.4. The highest BCUT2D eigenvalue weighted by molar-refractivity contribution is 5.73. The van der Waals surface area contributed by atoms with Crippen LogP contribution in [0.3, 0.4) is 0 Å². The van der Waals surface area contributed by atoms with Crippen molar-refractivity contribution in [1.82, 2.24) is 15.0 Å². The lowest BCUT2D eigenvalue weighted by Crippen LogP contribution is -2.35. The molecule has 2 heterocycles. The molecule has 0 aromatic carbocycles. The second-order valence-electron chi connectivity index (χ2n) is 4.67. The third-order valence-corrected chi connectivity index (χ3v) is 3.25. The second kappa shape index (κ2) is 5.95. The van der Waals surface area contributed by atoms with E-state index in [0.717, 1.165) is 32.2 Å². The quantitative estimate of drug-likeness (QED) is 0.826. The zero-order valence-corrected chi connectivity index (χ0v) is 10.6. The Hall–Kier alpha value is -1.43. The lowest BCUT2D eigenvalue weighted by Gasteiger charge is -2.18. The summed E-state index contributed by atoms with van der Waals surface area (Å²) < 4.78 is 5.14. The maximum Gasteiger partial charge on any atom is 0.320 e. The molecule has 6 heteroatoms. The number of likely N-dealkylation sites (tertiary alicyclic amines) is 1. The van der Waals surface area contributed by atoms with Crippen molar-refractivity contribution in [3.05, 3.63) is 11.7 Å². The van der Waals surface area contributed by atoms with Crippen LogP contribution in [0.2, 0.25) is 0 Å². The Kier molecular flexibility index (Phi) is 4.30. The van der Waals surface area contributed by atoms with E-state index in [-0.39, 0.29) is 0 Å². The molecule has 0 saturated carbocycles. The van der Waals surface area contributed by atoms with Gasteiger partial charge in [-0.2, -0.15) is 4.98 Å². The maximum absolute atomic E-state index is 11.0. The van der Waals surface area contributed by atoms with E-state index in [4.69, 9.17) is 9.63 Å². The molecule has 1 saturated heterocycles. The molecule has 1 atom stereocenters. The molecule has 0 spiro atoms. The largest absolute Gasteiger partial charge is 0.480 e. The monoisotopic (exact) mass is 253 g/mol. The summed E-state index contributed by atoms with van der Waals surface area (Å²) in [4.78, 5) is 17.2. The number of carboxylic acid groups (broad SMARTS) is 1. The second-order valence-corrected chi connectivity index (χ2v) is 4.67. The fraction of sp³-hybridized carbons (Fsp3) is 0.750. The van der Waals surface area contributed by atoms with Crippen molar-refractivity contribution in [3.8, 4) is 0 Å². The minimum atomic E-state index is -0.762. The highest BCUT2D eigenvalue weighted by atomic mass is 16.5. The predicted molar refractivity (Wildman–Crippen MR) is 64.0 cm³/mol. The lowest BCUT2D eigenvalue weighted by atomic mass is 10.2. The van der Waals surface area contributed by atoms with Crippen molar-refractivity contribution >= 4 is 5.97 Å². The maximum atomic E-state index is 11.0. The van der Waals surface area contributed by atoms with Crippen molar-refractivity contribution in [3.63, 3.8) is 0 Å². The van der Waals surface area contributed by atoms with E-state index in [1.807, 2.05) is 4.90 Å². The molecule has 2 rings (SSSR count). The highest BCUT2D eigenvalue weighted by Crippen LogP contribution is 2.19. The van der Waals surface area contributed by atoms with Crippen LogP contribution in [-0.2, 0) is 17.8 Å². The van der Waals surface area contributed by atoms with Gasteiger partial charge in [-0.05, 0) is 25.8 Å². The fourth-order valence-corrected chi connectivity index (χ4v) is 2.26. The van der Waals surface area contributed by atoms with Crippen LogP contribution in [0.5, 0.6) is 0 Å². The molecule has 0 amide bonds. The first kappa shape index (κ1) is 13.0. The average molecular weight is 253 g/mol. The zero-order chi connectivity index (χ0) is 13.0. The summed E-state index contributed by atoms with van der Waals surface area (Å²) in [6, 6.07) is -0.400. The number of hydrogen-bond acceptors (Lipinski definition) is 5. The average Bonchev–Trinajstić information content (AvgIpc) is 2.96. The molecule has 0 bridgehead atoms. The van der Waals surface area contributed by atoms with Crippen LogP contribution < -0.4 is 0 Å². The number of unbranched alkanes of at least 4 members (excludes halogenated alkanes) is 1. The third kappa shape index (κ3) is 3.07. The minimum absolute atomic E-state index is 0.400. The van der Waals surface area contributed by atoms with Crippen LogP contribution in [0.15, 0.2) is 4.52 Å². The number of carboxylic acids is 1. The Labute approximate surface area is 106 Å². The molecule has 1 fully saturated rings. The molecular weight excluding hydrogens is 234 g/mol. The standard InChI is InChI=1S/C12H19N3O3/c1-2-3-6-11-13-10(14-18-11)8-15-7-4-5-9(15)12(16)17/h9H,2-8H2,1H3,(H,16,17)/t9-/m0/s1. The summed E-state index contributed by atoms with van der Waals surface area (Å²) in [5, 5.41) is 13.0. The number of hydrogen-bond donors (Lipinski definition) is 1. The van der Waals surface area contributed by atoms with Crippen LogP contribution in [0.25, 0.3) is 0 Å². The fourth-order valence-electron chi connectivity index (χ4n) is 2.26. The first-order valence-corrected chi connectivity index (χ1v) is 6.49. The third-order valence-electron chi connectivity index (χ3n) is 3.25. The van der Waals surface area contributed by atoms with Gasteiger partial charge in [-0.15, -0.1) is 0 Å². The SMILES string of the molecule is CCCCc1nc(CN2CCC[C@H]2C(=O)O)no1. The number of aryl methyl sites for hydroxylation is 1. The number of carbonyl (C=O) groups is 1. The van der Waals surface area contributed by atoms with Gasteiger partial charge in [0.1, 0.15) is 6.04 Å². The number of aliphatic carboxylic acids is 1. The molecule has 1 aromatic rings. The summed E-state index contributed by atoms with van der Waals surface area (Å²) in [7, 11) is 0. The van der Waals surface area contributed by atoms with Crippen molar-refractivity contribution < 1.29 is 14.4 Å². The van der Waals surface area contributed by atoms with Crippen molar-refractivity contribution in [1.29, 1.82) is 0 Å². The van der Waals surface area contributed by atoms with Gasteiger partial charge < -0.3 is 9.63 Å². The Bertz CT molecular complexity index is 405. The van der Waals surface area contributed by atoms with E-state index in [9.17, 15) is 4.79 Å². The molecule has 0 aliphatic carbocycles. The Morgan fingerprint density at radius 1 is 1.61 bits per heavy atom. The summed E-state index contributed by atoms with van der Waals surface area (Å²) in [6.45, 7) is 3.36. The zero-order valence-electron chi connectivity index (χ0n) is 10.6. The number of rotatable bonds is 6. The van der Waals surface area contributed by atoms with Crippen LogP contribution in [-0.4, -0.2) is 38.7 Å². The van der Waals surface area contributed by atoms with Crippen LogP contribution in [0, 0.1) is 0 Å². The van der Waals surface area contributed by atoms with Crippen LogP contribution in [0.1, 0.15) is 44.3 Å². The summed E-state index contributed by atoms with van der Waals surface area (Å²) >= 11 is 0. The number of aromatic nitrogens is 2. The van der Waals surface area contributed by atoms with Crippen LogP contribution in [0.4, 0.5) is 0 Å². The molecule has 1 aliphatic heterocycles. The molecule has 0 unspecified atom stereocenters. The predicted octanol–water partition coefficient (Wildman–Crippen LogP) is 1.46. The van der Waals surface area contributed by atoms with E-state index >= 15 is 0 Å². The van der Waals surface area contributed by atoms with Gasteiger partial charge >= 0.3 is 5.97 Å². The van der Waals surface area contributed by atoms with E-state index in [1.165, 1.54) is 0 Å². The molecule has 1 aliphatic rings. The molecule has 0 radical (unpaired) electrons. The molecule has 100 valence electrons. The summed E-state index contributed by atoms with van der Waals surface area (Å²) in [5.74, 6) is 0.481. The van der Waals surface area contributed by atoms with Gasteiger partial charge in [0.15, 0.2) is 5.82 Å². The Morgan fingerprint density at radius 3 is 3.17 bits per heavy atom. The molecule has 18 heavy (non-hydrogen) atoms. The Balaban J connectivity index is 1.92. The lowest BCUT2D eigenvalue weighted by molar-refractivity contribution is -0.142. The molecule has 6 nitrogen and oxygen atoms in total. The van der Waals surface area contributed by atoms with Gasteiger partial charge in [0.25, 0.3) is 0 Å².